The van der Waals surface area contributed by atoms with Gasteiger partial charge in [-0.05, 0) is 44.4 Å². The van der Waals surface area contributed by atoms with Crippen LogP contribution < -0.4 is 5.32 Å². The smallest absolute Gasteiger partial charge is 0.329 e. The molecule has 2 atom stereocenters. The van der Waals surface area contributed by atoms with Crippen LogP contribution in [0.4, 0.5) is 0 Å². The monoisotopic (exact) mass is 374 g/mol. The highest BCUT2D eigenvalue weighted by atomic mass is 16.5. The lowest BCUT2D eigenvalue weighted by atomic mass is 9.98. The van der Waals surface area contributed by atoms with Crippen molar-refractivity contribution in [3.8, 4) is 0 Å². The first kappa shape index (κ1) is 19.0. The molecule has 2 aliphatic rings. The third-order valence-corrected chi connectivity index (χ3v) is 5.21. The zero-order chi connectivity index (χ0) is 19.8. The lowest BCUT2D eigenvalue weighted by Crippen LogP contribution is -2.51. The Morgan fingerprint density at radius 3 is 2.59 bits per heavy atom. The minimum atomic E-state index is -1.41. The lowest BCUT2D eigenvalue weighted by Gasteiger charge is -2.24. The van der Waals surface area contributed by atoms with E-state index in [2.05, 4.69) is 5.32 Å². The molecule has 8 nitrogen and oxygen atoms in total. The van der Waals surface area contributed by atoms with Crippen molar-refractivity contribution in [2.45, 2.75) is 44.8 Å². The fourth-order valence-corrected chi connectivity index (χ4v) is 3.21. The molecule has 3 rings (SSSR count). The summed E-state index contributed by atoms with van der Waals surface area (Å²) in [6.07, 6.45) is 1.74. The molecule has 1 aromatic carbocycles. The molecule has 0 aromatic heterocycles. The van der Waals surface area contributed by atoms with Crippen LogP contribution in [-0.4, -0.2) is 58.5 Å². The number of carboxylic acids is 1. The Bertz CT molecular complexity index is 814. The number of carbonyl (C=O) groups is 4. The van der Waals surface area contributed by atoms with E-state index in [4.69, 9.17) is 4.74 Å². The molecule has 2 unspecified atom stereocenters. The largest absolute Gasteiger partial charge is 0.480 e. The van der Waals surface area contributed by atoms with Gasteiger partial charge in [-0.1, -0.05) is 6.92 Å². The number of nitrogens with zero attached hydrogens (tertiary/aromatic N) is 1. The maximum Gasteiger partial charge on any atom is 0.329 e. The van der Waals surface area contributed by atoms with E-state index in [0.717, 1.165) is 17.7 Å². The van der Waals surface area contributed by atoms with Gasteiger partial charge < -0.3 is 15.2 Å². The van der Waals surface area contributed by atoms with Crippen LogP contribution in [0.25, 0.3) is 0 Å². The molecule has 1 saturated heterocycles. The second-order valence-corrected chi connectivity index (χ2v) is 7.06. The van der Waals surface area contributed by atoms with Gasteiger partial charge in [0.2, 0.25) is 0 Å². The molecule has 1 fully saturated rings. The van der Waals surface area contributed by atoms with Gasteiger partial charge in [-0.25, -0.2) is 4.79 Å². The summed E-state index contributed by atoms with van der Waals surface area (Å²) in [5, 5.41) is 11.8. The van der Waals surface area contributed by atoms with E-state index in [-0.39, 0.29) is 35.8 Å². The summed E-state index contributed by atoms with van der Waals surface area (Å²) in [5.74, 6) is -2.62. The predicted octanol–water partition coefficient (Wildman–Crippen LogP) is 1.44. The van der Waals surface area contributed by atoms with Crippen LogP contribution >= 0.6 is 0 Å². The summed E-state index contributed by atoms with van der Waals surface area (Å²) < 4.78 is 5.50. The van der Waals surface area contributed by atoms with Crippen molar-refractivity contribution in [3.05, 3.63) is 34.9 Å². The van der Waals surface area contributed by atoms with Gasteiger partial charge in [-0.3, -0.25) is 19.3 Å². The van der Waals surface area contributed by atoms with Crippen LogP contribution in [0.3, 0.4) is 0 Å². The van der Waals surface area contributed by atoms with Crippen LogP contribution in [0.5, 0.6) is 0 Å². The number of carbonyl (C=O) groups excluding carboxylic acids is 3. The highest BCUT2D eigenvalue weighted by molar-refractivity contribution is 6.22. The molecule has 3 amide bonds. The van der Waals surface area contributed by atoms with Gasteiger partial charge in [0.15, 0.2) is 0 Å². The number of nitrogens with one attached hydrogen (secondary N) is 1. The highest BCUT2D eigenvalue weighted by Crippen LogP contribution is 2.26. The minimum absolute atomic E-state index is 0.134. The van der Waals surface area contributed by atoms with Gasteiger partial charge in [-0.2, -0.15) is 0 Å². The molecule has 2 heterocycles. The summed E-state index contributed by atoms with van der Waals surface area (Å²) in [6.45, 7) is 3.89. The Labute approximate surface area is 156 Å². The Balaban J connectivity index is 1.81. The fraction of sp³-hybridized carbons (Fsp3) is 0.474. The Kier molecular flexibility index (Phi) is 5.01. The average molecular weight is 374 g/mol. The molecule has 0 bridgehead atoms. The van der Waals surface area contributed by atoms with Crippen molar-refractivity contribution >= 4 is 23.7 Å². The predicted molar refractivity (Wildman–Crippen MR) is 94.6 cm³/mol. The highest BCUT2D eigenvalue weighted by Gasteiger charge is 2.38. The quantitative estimate of drug-likeness (QED) is 0.729. The van der Waals surface area contributed by atoms with Crippen LogP contribution in [-0.2, 0) is 9.53 Å². The molecule has 2 N–H and O–H groups in total. The molecule has 0 radical (unpaired) electrons. The molecule has 0 spiro atoms. The van der Waals surface area contributed by atoms with Gasteiger partial charge in [0.05, 0.1) is 23.8 Å². The summed E-state index contributed by atoms with van der Waals surface area (Å²) in [7, 11) is 0. The number of carboxylic acid groups (broad SMARTS) is 1. The number of hydrogen-bond donors (Lipinski definition) is 2. The lowest BCUT2D eigenvalue weighted by molar-refractivity contribution is -0.143. The Morgan fingerprint density at radius 2 is 2.00 bits per heavy atom. The number of hydrogen-bond acceptors (Lipinski definition) is 5. The third-order valence-electron chi connectivity index (χ3n) is 5.21. The van der Waals surface area contributed by atoms with Crippen molar-refractivity contribution in [1.82, 2.24) is 10.2 Å². The first-order chi connectivity index (χ1) is 12.8. The SMILES string of the molecule is CCC(C)(NC(=O)c1ccc2c(c1)C(=O)N(CC1CCCO1)C2=O)C(=O)O. The molecule has 0 aliphatic carbocycles. The van der Waals surface area contributed by atoms with Gasteiger partial charge in [-0.15, -0.1) is 0 Å². The number of rotatable bonds is 6. The molecule has 8 heteroatoms. The molecule has 27 heavy (non-hydrogen) atoms. The van der Waals surface area contributed by atoms with Crippen molar-refractivity contribution < 1.29 is 29.0 Å². The average Bonchev–Trinajstić information content (AvgIpc) is 3.24. The molecular formula is C19H22N2O6. The molecule has 144 valence electrons. The van der Waals surface area contributed by atoms with Gasteiger partial charge in [0, 0.05) is 12.2 Å². The standard InChI is InChI=1S/C19H22N2O6/c1-3-19(2,18(25)26)20-15(22)11-6-7-13-14(9-11)17(24)21(16(13)23)10-12-5-4-8-27-12/h6-7,9,12H,3-5,8,10H2,1-2H3,(H,20,22)(H,25,26). The van der Waals surface area contributed by atoms with E-state index in [0.29, 0.717) is 6.61 Å². The van der Waals surface area contributed by atoms with Gasteiger partial charge >= 0.3 is 5.97 Å². The minimum Gasteiger partial charge on any atom is -0.480 e. The van der Waals surface area contributed by atoms with Gasteiger partial charge in [0.1, 0.15) is 5.54 Å². The summed E-state index contributed by atoms with van der Waals surface area (Å²) in [6, 6.07) is 4.20. The van der Waals surface area contributed by atoms with E-state index in [1.165, 1.54) is 25.1 Å². The second-order valence-electron chi connectivity index (χ2n) is 7.06. The molecule has 2 aliphatic heterocycles. The third kappa shape index (κ3) is 3.44. The van der Waals surface area contributed by atoms with Crippen LogP contribution in [0.15, 0.2) is 18.2 Å². The van der Waals surface area contributed by atoms with E-state index in [1.807, 2.05) is 0 Å². The number of imide groups is 1. The maximum absolute atomic E-state index is 12.6. The second kappa shape index (κ2) is 7.11. The summed E-state index contributed by atoms with van der Waals surface area (Å²) >= 11 is 0. The van der Waals surface area contributed by atoms with Crippen molar-refractivity contribution in [2.75, 3.05) is 13.2 Å². The van der Waals surface area contributed by atoms with E-state index < -0.39 is 29.2 Å². The molecule has 0 saturated carbocycles. The summed E-state index contributed by atoms with van der Waals surface area (Å²) in [4.78, 5) is 50.1. The first-order valence-electron chi connectivity index (χ1n) is 8.94. The van der Waals surface area contributed by atoms with E-state index in [9.17, 15) is 24.3 Å². The van der Waals surface area contributed by atoms with Crippen LogP contribution in [0.2, 0.25) is 0 Å². The van der Waals surface area contributed by atoms with Crippen LogP contribution in [0, 0.1) is 0 Å². The topological polar surface area (TPSA) is 113 Å². The van der Waals surface area contributed by atoms with E-state index in [1.54, 1.807) is 6.92 Å². The fourth-order valence-electron chi connectivity index (χ4n) is 3.21. The molecule has 1 aromatic rings. The number of amides is 3. The normalized spacial score (nSPS) is 21.1. The van der Waals surface area contributed by atoms with Crippen molar-refractivity contribution in [3.63, 3.8) is 0 Å². The van der Waals surface area contributed by atoms with Crippen LogP contribution in [0.1, 0.15) is 64.2 Å². The van der Waals surface area contributed by atoms with Crippen molar-refractivity contribution in [2.24, 2.45) is 0 Å². The zero-order valence-electron chi connectivity index (χ0n) is 15.3. The molecular weight excluding hydrogens is 352 g/mol. The maximum atomic E-state index is 12.6. The number of aliphatic carboxylic acids is 1. The number of ether oxygens (including phenoxy) is 1. The Morgan fingerprint density at radius 1 is 1.30 bits per heavy atom. The van der Waals surface area contributed by atoms with Crippen molar-refractivity contribution in [1.29, 1.82) is 0 Å². The zero-order valence-corrected chi connectivity index (χ0v) is 15.3. The first-order valence-corrected chi connectivity index (χ1v) is 8.94. The van der Waals surface area contributed by atoms with E-state index >= 15 is 0 Å². The summed E-state index contributed by atoms with van der Waals surface area (Å²) in [5.41, 5.74) is -0.887. The Hall–Kier alpha value is -2.74. The van der Waals surface area contributed by atoms with Gasteiger partial charge in [0.25, 0.3) is 17.7 Å². The number of benzene rings is 1. The number of fused-ring (bicyclic) bond motifs is 1.